The number of carbonyl (C=O) groups excluding carboxylic acids is 3. The van der Waals surface area contributed by atoms with Crippen molar-refractivity contribution in [2.75, 3.05) is 13.2 Å². The van der Waals surface area contributed by atoms with Crippen LogP contribution < -0.4 is 0 Å². The minimum Gasteiger partial charge on any atom is -0.462 e. The number of hydrogen-bond donors (Lipinski definition) is 0. The van der Waals surface area contributed by atoms with Gasteiger partial charge in [-0.2, -0.15) is 0 Å². The Balaban J connectivity index is 4.50. The molecule has 0 heterocycles. The summed E-state index contributed by atoms with van der Waals surface area (Å²) in [6.07, 6.45) is 85.9. The molecule has 0 aliphatic carbocycles. The molecule has 1 atom stereocenters. The van der Waals surface area contributed by atoms with Crippen LogP contribution in [0.4, 0.5) is 0 Å². The van der Waals surface area contributed by atoms with Gasteiger partial charge in [-0.15, -0.1) is 0 Å². The van der Waals surface area contributed by atoms with Crippen LogP contribution in [0.15, 0.2) is 134 Å². The summed E-state index contributed by atoms with van der Waals surface area (Å²) in [4.78, 5) is 38.3. The maximum absolute atomic E-state index is 12.9. The lowest BCUT2D eigenvalue weighted by atomic mass is 10.1. The van der Waals surface area contributed by atoms with Crippen molar-refractivity contribution >= 4 is 17.9 Å². The molecular formula is C68H110O6. The van der Waals surface area contributed by atoms with E-state index in [0.29, 0.717) is 19.3 Å². The molecule has 0 rings (SSSR count). The molecule has 0 spiro atoms. The molecule has 0 aromatic heterocycles. The zero-order valence-electron chi connectivity index (χ0n) is 47.8. The predicted molar refractivity (Wildman–Crippen MR) is 320 cm³/mol. The summed E-state index contributed by atoms with van der Waals surface area (Å²) in [6, 6.07) is 0. The average Bonchev–Trinajstić information content (AvgIpc) is 3.40. The van der Waals surface area contributed by atoms with Crippen molar-refractivity contribution in [1.29, 1.82) is 0 Å². The first-order chi connectivity index (χ1) is 36.5. The molecule has 0 radical (unpaired) electrons. The van der Waals surface area contributed by atoms with Gasteiger partial charge in [0, 0.05) is 19.3 Å². The van der Waals surface area contributed by atoms with Crippen LogP contribution in [0.25, 0.3) is 0 Å². The monoisotopic (exact) mass is 1020 g/mol. The third-order valence-corrected chi connectivity index (χ3v) is 12.4. The quantitative estimate of drug-likeness (QED) is 0.0261. The molecule has 0 aliphatic rings. The summed E-state index contributed by atoms with van der Waals surface area (Å²) in [5.74, 6) is -0.984. The highest BCUT2D eigenvalue weighted by atomic mass is 16.6. The van der Waals surface area contributed by atoms with Gasteiger partial charge in [-0.25, -0.2) is 0 Å². The number of hydrogen-bond acceptors (Lipinski definition) is 6. The molecule has 0 aromatic carbocycles. The van der Waals surface area contributed by atoms with Gasteiger partial charge in [0.15, 0.2) is 6.10 Å². The molecule has 0 amide bonds. The normalized spacial score (nSPS) is 13.1. The molecule has 0 aromatic rings. The van der Waals surface area contributed by atoms with E-state index in [1.807, 2.05) is 0 Å². The minimum absolute atomic E-state index is 0.107. The fourth-order valence-corrected chi connectivity index (χ4v) is 7.91. The van der Waals surface area contributed by atoms with Crippen LogP contribution in [0.1, 0.15) is 258 Å². The molecule has 74 heavy (non-hydrogen) atoms. The van der Waals surface area contributed by atoms with E-state index in [-0.39, 0.29) is 37.5 Å². The SMILES string of the molecule is CC/C=C\C/C=C\C/C=C\C/C=C\C/C=C\CCCC(=O)OCC(COC(=O)CCCCCCCCCC/C=C\C/C=C\C/C=C\C/C=C\CC)OC(=O)CCCCCCCCC/C=C\C/C=C\CCCCCC. The van der Waals surface area contributed by atoms with E-state index in [9.17, 15) is 14.4 Å². The minimum atomic E-state index is -0.815. The second kappa shape index (κ2) is 61.1. The summed E-state index contributed by atoms with van der Waals surface area (Å²) in [6.45, 7) is 6.34. The first-order valence-electron chi connectivity index (χ1n) is 30.2. The van der Waals surface area contributed by atoms with Crippen LogP contribution in [0.2, 0.25) is 0 Å². The summed E-state index contributed by atoms with van der Waals surface area (Å²) in [5.41, 5.74) is 0. The lowest BCUT2D eigenvalue weighted by Gasteiger charge is -2.18. The Labute approximate surface area is 455 Å². The molecule has 0 aliphatic heterocycles. The number of ether oxygens (including phenoxy) is 3. The van der Waals surface area contributed by atoms with E-state index in [2.05, 4.69) is 154 Å². The Morgan fingerprint density at radius 2 is 0.541 bits per heavy atom. The van der Waals surface area contributed by atoms with Crippen molar-refractivity contribution in [1.82, 2.24) is 0 Å². The molecule has 418 valence electrons. The summed E-state index contributed by atoms with van der Waals surface area (Å²) in [7, 11) is 0. The standard InChI is InChI=1S/C68H110O6/c1-4-7-10-13-16-19-22-25-28-31-33-34-35-38-40-43-46-49-52-55-58-61-67(70)73-64-65(63-72-66(69)60-57-54-51-48-45-42-39-36-30-27-24-21-18-15-12-9-6-3)74-68(71)62-59-56-53-50-47-44-41-37-32-29-26-23-20-17-14-11-8-5-2/h7,9-10,12,16,18-21,23,25,27-30,32-34,39,42,48,51,65H,4-6,8,11,13-15,17,22,24,26,31,35-38,40-41,43-47,49-50,52-64H2,1-3H3/b10-7-,12-9-,19-16-,21-18-,23-20-,28-25-,30-27-,32-29-,34-33-,42-39-,51-48-. The maximum atomic E-state index is 12.9. The van der Waals surface area contributed by atoms with Gasteiger partial charge in [0.05, 0.1) is 0 Å². The topological polar surface area (TPSA) is 78.9 Å². The highest BCUT2D eigenvalue weighted by Crippen LogP contribution is 2.14. The molecule has 0 fully saturated rings. The second-order valence-electron chi connectivity index (χ2n) is 19.5. The van der Waals surface area contributed by atoms with Crippen molar-refractivity contribution in [2.24, 2.45) is 0 Å². The van der Waals surface area contributed by atoms with E-state index in [1.54, 1.807) is 0 Å². The van der Waals surface area contributed by atoms with Crippen molar-refractivity contribution < 1.29 is 28.6 Å². The first kappa shape index (κ1) is 69.5. The third kappa shape index (κ3) is 58.4. The lowest BCUT2D eigenvalue weighted by molar-refractivity contribution is -0.167. The first-order valence-corrected chi connectivity index (χ1v) is 30.2. The Morgan fingerprint density at radius 1 is 0.284 bits per heavy atom. The largest absolute Gasteiger partial charge is 0.462 e. The van der Waals surface area contributed by atoms with Crippen LogP contribution in [0.3, 0.4) is 0 Å². The molecule has 6 heteroatoms. The molecule has 0 saturated heterocycles. The molecule has 1 unspecified atom stereocenters. The summed E-state index contributed by atoms with van der Waals surface area (Å²) < 4.78 is 16.8. The molecule has 0 N–H and O–H groups in total. The lowest BCUT2D eigenvalue weighted by Crippen LogP contribution is -2.30. The molecule has 0 bridgehead atoms. The summed E-state index contributed by atoms with van der Waals surface area (Å²) in [5, 5.41) is 0. The van der Waals surface area contributed by atoms with Crippen LogP contribution in [0, 0.1) is 0 Å². The van der Waals surface area contributed by atoms with Crippen LogP contribution in [-0.2, 0) is 28.6 Å². The number of carbonyl (C=O) groups is 3. The number of allylic oxidation sites excluding steroid dienone is 22. The van der Waals surface area contributed by atoms with Gasteiger partial charge in [-0.3, -0.25) is 14.4 Å². The summed E-state index contributed by atoms with van der Waals surface area (Å²) >= 11 is 0. The molecule has 0 saturated carbocycles. The Kier molecular flexibility index (Phi) is 57.4. The highest BCUT2D eigenvalue weighted by Gasteiger charge is 2.19. The van der Waals surface area contributed by atoms with Gasteiger partial charge in [-0.05, 0) is 128 Å². The van der Waals surface area contributed by atoms with Crippen LogP contribution in [-0.4, -0.2) is 37.2 Å². The van der Waals surface area contributed by atoms with Crippen molar-refractivity contribution in [2.45, 2.75) is 264 Å². The predicted octanol–water partition coefficient (Wildman–Crippen LogP) is 20.6. The third-order valence-electron chi connectivity index (χ3n) is 12.4. The van der Waals surface area contributed by atoms with E-state index in [0.717, 1.165) is 122 Å². The zero-order chi connectivity index (χ0) is 53.6. The zero-order valence-corrected chi connectivity index (χ0v) is 47.8. The van der Waals surface area contributed by atoms with Gasteiger partial charge in [0.25, 0.3) is 0 Å². The van der Waals surface area contributed by atoms with E-state index < -0.39 is 6.10 Å². The van der Waals surface area contributed by atoms with E-state index in [1.165, 1.54) is 89.9 Å². The number of unbranched alkanes of at least 4 members (excludes halogenated alkanes) is 20. The van der Waals surface area contributed by atoms with Gasteiger partial charge in [0.2, 0.25) is 0 Å². The van der Waals surface area contributed by atoms with Crippen LogP contribution >= 0.6 is 0 Å². The number of rotatable bonds is 53. The van der Waals surface area contributed by atoms with Gasteiger partial charge in [-0.1, -0.05) is 244 Å². The van der Waals surface area contributed by atoms with Gasteiger partial charge >= 0.3 is 17.9 Å². The Morgan fingerprint density at radius 3 is 0.878 bits per heavy atom. The van der Waals surface area contributed by atoms with Crippen molar-refractivity contribution in [3.8, 4) is 0 Å². The second-order valence-corrected chi connectivity index (χ2v) is 19.5. The molecular weight excluding hydrogens is 913 g/mol. The Hall–Kier alpha value is -4.45. The van der Waals surface area contributed by atoms with Crippen LogP contribution in [0.5, 0.6) is 0 Å². The van der Waals surface area contributed by atoms with Crippen molar-refractivity contribution in [3.63, 3.8) is 0 Å². The Bertz CT molecular complexity index is 1600. The average molecular weight is 1020 g/mol. The van der Waals surface area contributed by atoms with Gasteiger partial charge < -0.3 is 14.2 Å². The molecule has 6 nitrogen and oxygen atoms in total. The smallest absolute Gasteiger partial charge is 0.306 e. The number of esters is 3. The van der Waals surface area contributed by atoms with Crippen molar-refractivity contribution in [3.05, 3.63) is 134 Å². The fraction of sp³-hybridized carbons (Fsp3) is 0.632. The fourth-order valence-electron chi connectivity index (χ4n) is 7.91. The van der Waals surface area contributed by atoms with E-state index >= 15 is 0 Å². The van der Waals surface area contributed by atoms with E-state index in [4.69, 9.17) is 14.2 Å². The van der Waals surface area contributed by atoms with Gasteiger partial charge in [0.1, 0.15) is 13.2 Å². The highest BCUT2D eigenvalue weighted by molar-refractivity contribution is 5.71. The maximum Gasteiger partial charge on any atom is 0.306 e.